The standard InChI is InChI=1S/C19H33N3O2/c1-6-10-24-17-11-15(3)8-9-16(17)12-21-18(20-7-2)22-13-19(4,5)14-23/h8-9,11,23H,6-7,10,12-14H2,1-5H3,(H2,20,21,22). The van der Waals surface area contributed by atoms with E-state index in [1.165, 1.54) is 5.56 Å². The molecule has 0 aromatic heterocycles. The first-order valence-corrected chi connectivity index (χ1v) is 8.77. The van der Waals surface area contributed by atoms with Gasteiger partial charge in [-0.3, -0.25) is 0 Å². The number of aliphatic hydroxyl groups is 1. The SMILES string of the molecule is CCCOc1cc(C)ccc1CN=C(NCC)NCC(C)(C)CO. The summed E-state index contributed by atoms with van der Waals surface area (Å²) in [6.07, 6.45) is 0.983. The smallest absolute Gasteiger partial charge is 0.191 e. The number of guanidine groups is 1. The topological polar surface area (TPSA) is 65.9 Å². The molecule has 5 heteroatoms. The Hall–Kier alpha value is -1.75. The van der Waals surface area contributed by atoms with E-state index in [1.54, 1.807) is 0 Å². The van der Waals surface area contributed by atoms with E-state index in [-0.39, 0.29) is 12.0 Å². The average Bonchev–Trinajstić information content (AvgIpc) is 2.56. The van der Waals surface area contributed by atoms with Gasteiger partial charge < -0.3 is 20.5 Å². The van der Waals surface area contributed by atoms with Gasteiger partial charge in [-0.1, -0.05) is 32.9 Å². The summed E-state index contributed by atoms with van der Waals surface area (Å²) >= 11 is 0. The molecule has 0 fully saturated rings. The summed E-state index contributed by atoms with van der Waals surface area (Å²) in [6, 6.07) is 6.22. The quantitative estimate of drug-likeness (QED) is 0.479. The first-order chi connectivity index (χ1) is 11.4. The second-order valence-electron chi connectivity index (χ2n) is 6.83. The molecule has 24 heavy (non-hydrogen) atoms. The minimum Gasteiger partial charge on any atom is -0.493 e. The third-order valence-corrected chi connectivity index (χ3v) is 3.60. The molecule has 0 unspecified atom stereocenters. The van der Waals surface area contributed by atoms with E-state index < -0.39 is 0 Å². The summed E-state index contributed by atoms with van der Waals surface area (Å²) in [6.45, 7) is 13.1. The molecule has 0 aliphatic rings. The Morgan fingerprint density at radius 3 is 2.62 bits per heavy atom. The molecule has 0 amide bonds. The van der Waals surface area contributed by atoms with Crippen LogP contribution in [0.1, 0.15) is 45.2 Å². The van der Waals surface area contributed by atoms with Crippen LogP contribution in [0.5, 0.6) is 5.75 Å². The van der Waals surface area contributed by atoms with Gasteiger partial charge in [-0.2, -0.15) is 0 Å². The van der Waals surface area contributed by atoms with Crippen molar-refractivity contribution in [2.75, 3.05) is 26.3 Å². The minimum absolute atomic E-state index is 0.131. The molecule has 0 aliphatic carbocycles. The summed E-state index contributed by atoms with van der Waals surface area (Å²) in [7, 11) is 0. The van der Waals surface area contributed by atoms with Gasteiger partial charge >= 0.3 is 0 Å². The Morgan fingerprint density at radius 2 is 2.00 bits per heavy atom. The van der Waals surface area contributed by atoms with Crippen molar-refractivity contribution < 1.29 is 9.84 Å². The molecular formula is C19H33N3O2. The normalized spacial score (nSPS) is 12.2. The van der Waals surface area contributed by atoms with Crippen LogP contribution in [0, 0.1) is 12.3 Å². The third kappa shape index (κ3) is 7.21. The minimum atomic E-state index is -0.185. The maximum Gasteiger partial charge on any atom is 0.191 e. The second kappa shape index (κ2) is 10.2. The zero-order valence-corrected chi connectivity index (χ0v) is 15.8. The molecule has 136 valence electrons. The van der Waals surface area contributed by atoms with Crippen LogP contribution in [0.15, 0.2) is 23.2 Å². The molecule has 0 heterocycles. The lowest BCUT2D eigenvalue weighted by Gasteiger charge is -2.23. The molecule has 3 N–H and O–H groups in total. The fourth-order valence-electron chi connectivity index (χ4n) is 2.02. The van der Waals surface area contributed by atoms with E-state index in [1.807, 2.05) is 20.8 Å². The van der Waals surface area contributed by atoms with Gasteiger partial charge in [0.05, 0.1) is 13.2 Å². The summed E-state index contributed by atoms with van der Waals surface area (Å²) < 4.78 is 5.85. The first kappa shape index (κ1) is 20.3. The maximum atomic E-state index is 9.37. The van der Waals surface area contributed by atoms with Crippen LogP contribution in [0.25, 0.3) is 0 Å². The van der Waals surface area contributed by atoms with Crippen LogP contribution < -0.4 is 15.4 Å². The molecule has 0 saturated heterocycles. The highest BCUT2D eigenvalue weighted by Crippen LogP contribution is 2.21. The van der Waals surface area contributed by atoms with Gasteiger partial charge in [-0.25, -0.2) is 4.99 Å². The van der Waals surface area contributed by atoms with Crippen LogP contribution in [0.3, 0.4) is 0 Å². The Morgan fingerprint density at radius 1 is 1.25 bits per heavy atom. The van der Waals surface area contributed by atoms with Crippen molar-refractivity contribution in [1.29, 1.82) is 0 Å². The van der Waals surface area contributed by atoms with E-state index >= 15 is 0 Å². The second-order valence-corrected chi connectivity index (χ2v) is 6.83. The first-order valence-electron chi connectivity index (χ1n) is 8.77. The molecule has 1 aromatic carbocycles. The van der Waals surface area contributed by atoms with Gasteiger partial charge in [0.25, 0.3) is 0 Å². The number of aliphatic hydroxyl groups excluding tert-OH is 1. The average molecular weight is 335 g/mol. The highest BCUT2D eigenvalue weighted by molar-refractivity contribution is 5.79. The fraction of sp³-hybridized carbons (Fsp3) is 0.632. The van der Waals surface area contributed by atoms with E-state index in [2.05, 4.69) is 47.7 Å². The number of ether oxygens (including phenoxy) is 1. The highest BCUT2D eigenvalue weighted by Gasteiger charge is 2.16. The van der Waals surface area contributed by atoms with E-state index in [0.29, 0.717) is 19.7 Å². The predicted octanol–water partition coefficient (Wildman–Crippen LogP) is 2.86. The third-order valence-electron chi connectivity index (χ3n) is 3.60. The molecule has 0 bridgehead atoms. The van der Waals surface area contributed by atoms with Crippen molar-refractivity contribution >= 4 is 5.96 Å². The van der Waals surface area contributed by atoms with Crippen LogP contribution in [0.2, 0.25) is 0 Å². The molecule has 0 atom stereocenters. The fourth-order valence-corrected chi connectivity index (χ4v) is 2.02. The van der Waals surface area contributed by atoms with Gasteiger partial charge in [0.2, 0.25) is 0 Å². The number of aryl methyl sites for hydroxylation is 1. The molecule has 0 spiro atoms. The van der Waals surface area contributed by atoms with E-state index in [0.717, 1.165) is 30.2 Å². The lowest BCUT2D eigenvalue weighted by Crippen LogP contribution is -2.43. The Labute approximate surface area is 146 Å². The van der Waals surface area contributed by atoms with Gasteiger partial charge in [-0.05, 0) is 31.9 Å². The molecule has 0 radical (unpaired) electrons. The number of hydrogen-bond donors (Lipinski definition) is 3. The molecule has 5 nitrogen and oxygen atoms in total. The summed E-state index contributed by atoms with van der Waals surface area (Å²) in [5.74, 6) is 1.66. The summed E-state index contributed by atoms with van der Waals surface area (Å²) in [5.41, 5.74) is 2.08. The highest BCUT2D eigenvalue weighted by atomic mass is 16.5. The predicted molar refractivity (Wildman–Crippen MR) is 101 cm³/mol. The Bertz CT molecular complexity index is 527. The van der Waals surface area contributed by atoms with Gasteiger partial charge in [-0.15, -0.1) is 0 Å². The Kier molecular flexibility index (Phi) is 8.61. The maximum absolute atomic E-state index is 9.37. The van der Waals surface area contributed by atoms with Crippen molar-refractivity contribution in [2.45, 2.75) is 47.6 Å². The largest absolute Gasteiger partial charge is 0.493 e. The number of hydrogen-bond acceptors (Lipinski definition) is 3. The zero-order chi connectivity index (χ0) is 18.0. The number of nitrogens with zero attached hydrogens (tertiary/aromatic N) is 1. The van der Waals surface area contributed by atoms with Crippen molar-refractivity contribution in [2.24, 2.45) is 10.4 Å². The van der Waals surface area contributed by atoms with E-state index in [9.17, 15) is 5.11 Å². The van der Waals surface area contributed by atoms with Gasteiger partial charge in [0.15, 0.2) is 5.96 Å². The van der Waals surface area contributed by atoms with Crippen LogP contribution in [0.4, 0.5) is 0 Å². The lowest BCUT2D eigenvalue weighted by molar-refractivity contribution is 0.162. The van der Waals surface area contributed by atoms with Crippen molar-refractivity contribution in [3.63, 3.8) is 0 Å². The van der Waals surface area contributed by atoms with Crippen LogP contribution in [-0.4, -0.2) is 37.4 Å². The molecule has 1 rings (SSSR count). The van der Waals surface area contributed by atoms with Gasteiger partial charge in [0.1, 0.15) is 5.75 Å². The van der Waals surface area contributed by atoms with Crippen molar-refractivity contribution in [1.82, 2.24) is 10.6 Å². The van der Waals surface area contributed by atoms with Gasteiger partial charge in [0, 0.05) is 30.7 Å². The molecule has 1 aromatic rings. The number of nitrogens with one attached hydrogen (secondary N) is 2. The summed E-state index contributed by atoms with van der Waals surface area (Å²) in [4.78, 5) is 4.65. The molecule has 0 saturated carbocycles. The van der Waals surface area contributed by atoms with Crippen LogP contribution in [-0.2, 0) is 6.54 Å². The van der Waals surface area contributed by atoms with Crippen molar-refractivity contribution in [3.8, 4) is 5.75 Å². The van der Waals surface area contributed by atoms with Crippen LogP contribution >= 0.6 is 0 Å². The summed E-state index contributed by atoms with van der Waals surface area (Å²) in [5, 5.41) is 15.9. The van der Waals surface area contributed by atoms with E-state index in [4.69, 9.17) is 4.74 Å². The Balaban J connectivity index is 2.81. The molecule has 0 aliphatic heterocycles. The zero-order valence-electron chi connectivity index (χ0n) is 15.8. The number of aliphatic imine (C=N–C) groups is 1. The van der Waals surface area contributed by atoms with Crippen molar-refractivity contribution in [3.05, 3.63) is 29.3 Å². The molecular weight excluding hydrogens is 302 g/mol. The monoisotopic (exact) mass is 335 g/mol. The number of rotatable bonds is 9. The number of benzene rings is 1. The lowest BCUT2D eigenvalue weighted by atomic mass is 9.95.